The van der Waals surface area contributed by atoms with Crippen LogP contribution in [-0.4, -0.2) is 18.1 Å². The number of nitrogens with zero attached hydrogens (tertiary/aromatic N) is 1. The molecule has 1 heterocycles. The summed E-state index contributed by atoms with van der Waals surface area (Å²) in [5.74, 6) is -1.02. The molecule has 0 saturated carbocycles. The van der Waals surface area contributed by atoms with Gasteiger partial charge >= 0.3 is 5.97 Å². The van der Waals surface area contributed by atoms with Crippen LogP contribution in [0.3, 0.4) is 0 Å². The van der Waals surface area contributed by atoms with Gasteiger partial charge in [0.05, 0.1) is 29.5 Å². The predicted molar refractivity (Wildman–Crippen MR) is 68.6 cm³/mol. The van der Waals surface area contributed by atoms with Crippen LogP contribution in [0.25, 0.3) is 0 Å². The first-order valence-electron chi connectivity index (χ1n) is 5.43. The molecule has 0 bridgehead atoms. The van der Waals surface area contributed by atoms with Crippen LogP contribution < -0.4 is 10.6 Å². The van der Waals surface area contributed by atoms with E-state index < -0.39 is 5.97 Å². The summed E-state index contributed by atoms with van der Waals surface area (Å²) in [7, 11) is 1.85. The van der Waals surface area contributed by atoms with Crippen molar-refractivity contribution in [2.24, 2.45) is 0 Å². The zero-order chi connectivity index (χ0) is 13.1. The molecule has 94 valence electrons. The number of furan rings is 1. The Balaban J connectivity index is 2.27. The molecule has 0 amide bonds. The Morgan fingerprint density at radius 3 is 2.83 bits per heavy atom. The van der Waals surface area contributed by atoms with E-state index in [0.29, 0.717) is 12.2 Å². The van der Waals surface area contributed by atoms with Gasteiger partial charge < -0.3 is 20.2 Å². The quantitative estimate of drug-likeness (QED) is 0.808. The number of hydrogen-bond donors (Lipinski definition) is 2. The summed E-state index contributed by atoms with van der Waals surface area (Å²) in [6, 6.07) is 6.82. The van der Waals surface area contributed by atoms with E-state index in [1.165, 1.54) is 6.07 Å². The number of rotatable bonds is 4. The molecule has 0 aliphatic heterocycles. The second kappa shape index (κ2) is 4.83. The number of hydrogen-bond acceptors (Lipinski definition) is 4. The number of nitrogens with two attached hydrogens (primary N) is 1. The van der Waals surface area contributed by atoms with E-state index >= 15 is 0 Å². The molecule has 0 spiro atoms. The second-order valence-electron chi connectivity index (χ2n) is 4.03. The third kappa shape index (κ3) is 2.29. The third-order valence-electron chi connectivity index (χ3n) is 2.72. The number of anilines is 2. The van der Waals surface area contributed by atoms with Gasteiger partial charge in [0.15, 0.2) is 0 Å². The van der Waals surface area contributed by atoms with Crippen molar-refractivity contribution in [1.29, 1.82) is 0 Å². The van der Waals surface area contributed by atoms with E-state index in [4.69, 9.17) is 15.3 Å². The van der Waals surface area contributed by atoms with E-state index in [1.807, 2.05) is 18.0 Å². The van der Waals surface area contributed by atoms with Crippen LogP contribution in [-0.2, 0) is 6.54 Å². The molecular weight excluding hydrogens is 232 g/mol. The van der Waals surface area contributed by atoms with Gasteiger partial charge in [-0.15, -0.1) is 0 Å². The molecule has 5 heteroatoms. The summed E-state index contributed by atoms with van der Waals surface area (Å²) in [6.07, 6.45) is 3.24. The fraction of sp³-hybridized carbons (Fsp3) is 0.154. The summed E-state index contributed by atoms with van der Waals surface area (Å²) in [6.45, 7) is 0.601. The maximum Gasteiger partial charge on any atom is 0.337 e. The van der Waals surface area contributed by atoms with Gasteiger partial charge in [0.1, 0.15) is 0 Å². The topological polar surface area (TPSA) is 79.7 Å². The summed E-state index contributed by atoms with van der Waals surface area (Å²) in [5.41, 5.74) is 7.95. The van der Waals surface area contributed by atoms with Crippen molar-refractivity contribution in [1.82, 2.24) is 0 Å². The first-order valence-corrected chi connectivity index (χ1v) is 5.43. The summed E-state index contributed by atoms with van der Waals surface area (Å²) in [4.78, 5) is 12.9. The standard InChI is InChI=1S/C13H14N2O3/c1-15(7-9-5-6-18-8-9)11-4-2-3-10(12(11)14)13(16)17/h2-6,8H,7,14H2,1H3,(H,16,17). The molecule has 0 aliphatic carbocycles. The van der Waals surface area contributed by atoms with Crippen LogP contribution in [0.15, 0.2) is 41.2 Å². The van der Waals surface area contributed by atoms with Crippen LogP contribution in [0.5, 0.6) is 0 Å². The van der Waals surface area contributed by atoms with Crippen molar-refractivity contribution in [2.75, 3.05) is 17.7 Å². The Bertz CT molecular complexity index is 549. The average molecular weight is 246 g/mol. The fourth-order valence-electron chi connectivity index (χ4n) is 1.81. The fourth-order valence-corrected chi connectivity index (χ4v) is 1.81. The lowest BCUT2D eigenvalue weighted by atomic mass is 10.1. The molecule has 0 aliphatic rings. The first-order chi connectivity index (χ1) is 8.59. The van der Waals surface area contributed by atoms with Crippen molar-refractivity contribution in [3.05, 3.63) is 47.9 Å². The SMILES string of the molecule is CN(Cc1ccoc1)c1cccc(C(=O)O)c1N. The van der Waals surface area contributed by atoms with E-state index in [-0.39, 0.29) is 11.3 Å². The number of nitrogen functional groups attached to an aromatic ring is 1. The maximum atomic E-state index is 11.0. The first kappa shape index (κ1) is 12.0. The van der Waals surface area contributed by atoms with Crippen LogP contribution in [0, 0.1) is 0 Å². The minimum absolute atomic E-state index is 0.117. The normalized spacial score (nSPS) is 10.3. The Labute approximate surface area is 104 Å². The van der Waals surface area contributed by atoms with Crippen LogP contribution in [0.4, 0.5) is 11.4 Å². The van der Waals surface area contributed by atoms with E-state index in [2.05, 4.69) is 0 Å². The number of carboxylic acids is 1. The highest BCUT2D eigenvalue weighted by molar-refractivity contribution is 5.97. The number of para-hydroxylation sites is 1. The van der Waals surface area contributed by atoms with Gasteiger partial charge in [-0.1, -0.05) is 6.07 Å². The highest BCUT2D eigenvalue weighted by atomic mass is 16.4. The lowest BCUT2D eigenvalue weighted by molar-refractivity contribution is 0.0698. The zero-order valence-corrected chi connectivity index (χ0v) is 9.96. The van der Waals surface area contributed by atoms with E-state index in [9.17, 15) is 4.79 Å². The molecule has 1 aromatic heterocycles. The van der Waals surface area contributed by atoms with Gasteiger partial charge in [-0.2, -0.15) is 0 Å². The molecule has 1 aromatic carbocycles. The highest BCUT2D eigenvalue weighted by Crippen LogP contribution is 2.27. The molecule has 0 radical (unpaired) electrons. The van der Waals surface area contributed by atoms with E-state index in [0.717, 1.165) is 5.56 Å². The van der Waals surface area contributed by atoms with Crippen LogP contribution in [0.2, 0.25) is 0 Å². The highest BCUT2D eigenvalue weighted by Gasteiger charge is 2.13. The molecule has 3 N–H and O–H groups in total. The van der Waals surface area contributed by atoms with Gasteiger partial charge in [-0.3, -0.25) is 0 Å². The molecule has 2 aromatic rings. The molecule has 0 saturated heterocycles. The van der Waals surface area contributed by atoms with Crippen molar-refractivity contribution in [3.8, 4) is 0 Å². The molecule has 2 rings (SSSR count). The lowest BCUT2D eigenvalue weighted by Gasteiger charge is -2.21. The second-order valence-corrected chi connectivity index (χ2v) is 4.03. The van der Waals surface area contributed by atoms with Crippen molar-refractivity contribution >= 4 is 17.3 Å². The Hall–Kier alpha value is -2.43. The number of carbonyl (C=O) groups is 1. The van der Waals surface area contributed by atoms with Crippen LogP contribution in [0.1, 0.15) is 15.9 Å². The van der Waals surface area contributed by atoms with Crippen molar-refractivity contribution < 1.29 is 14.3 Å². The lowest BCUT2D eigenvalue weighted by Crippen LogP contribution is -2.18. The predicted octanol–water partition coefficient (Wildman–Crippen LogP) is 2.20. The minimum atomic E-state index is -1.02. The Kier molecular flexibility index (Phi) is 3.23. The third-order valence-corrected chi connectivity index (χ3v) is 2.72. The molecule has 0 atom stereocenters. The molecule has 0 unspecified atom stereocenters. The summed E-state index contributed by atoms with van der Waals surface area (Å²) < 4.78 is 4.99. The van der Waals surface area contributed by atoms with Crippen molar-refractivity contribution in [2.45, 2.75) is 6.54 Å². The largest absolute Gasteiger partial charge is 0.478 e. The maximum absolute atomic E-state index is 11.0. The Morgan fingerprint density at radius 2 is 2.22 bits per heavy atom. The average Bonchev–Trinajstić information content (AvgIpc) is 2.81. The van der Waals surface area contributed by atoms with Crippen LogP contribution >= 0.6 is 0 Å². The van der Waals surface area contributed by atoms with Gasteiger partial charge in [0, 0.05) is 19.2 Å². The number of carboxylic acid groups (broad SMARTS) is 1. The Morgan fingerprint density at radius 1 is 1.44 bits per heavy atom. The van der Waals surface area contributed by atoms with Gasteiger partial charge in [0.25, 0.3) is 0 Å². The molecular formula is C13H14N2O3. The number of aromatic carboxylic acids is 1. The monoisotopic (exact) mass is 246 g/mol. The molecule has 5 nitrogen and oxygen atoms in total. The summed E-state index contributed by atoms with van der Waals surface area (Å²) >= 11 is 0. The summed E-state index contributed by atoms with van der Waals surface area (Å²) in [5, 5.41) is 9.02. The van der Waals surface area contributed by atoms with Gasteiger partial charge in [-0.25, -0.2) is 4.79 Å². The minimum Gasteiger partial charge on any atom is -0.478 e. The van der Waals surface area contributed by atoms with Gasteiger partial charge in [-0.05, 0) is 18.2 Å². The zero-order valence-electron chi connectivity index (χ0n) is 9.96. The molecule has 18 heavy (non-hydrogen) atoms. The smallest absolute Gasteiger partial charge is 0.337 e. The van der Waals surface area contributed by atoms with E-state index in [1.54, 1.807) is 24.7 Å². The van der Waals surface area contributed by atoms with Crippen molar-refractivity contribution in [3.63, 3.8) is 0 Å². The number of benzene rings is 1. The van der Waals surface area contributed by atoms with Gasteiger partial charge in [0.2, 0.25) is 0 Å². The molecule has 0 fully saturated rings.